The van der Waals surface area contributed by atoms with Gasteiger partial charge >= 0.3 is 0 Å². The summed E-state index contributed by atoms with van der Waals surface area (Å²) in [6.07, 6.45) is 0. The number of benzene rings is 2. The normalized spacial score (nSPS) is 11.0. The molecular formula is C17H18N2O2. The number of ether oxygens (including phenoxy) is 1. The van der Waals surface area contributed by atoms with Crippen molar-refractivity contribution in [2.75, 3.05) is 0 Å². The Bertz CT molecular complexity index is 778. The zero-order valence-corrected chi connectivity index (χ0v) is 11.9. The Morgan fingerprint density at radius 3 is 2.71 bits per heavy atom. The van der Waals surface area contributed by atoms with Gasteiger partial charge in [0.15, 0.2) is 11.5 Å². The Morgan fingerprint density at radius 2 is 1.95 bits per heavy atom. The molecule has 3 aromatic rings. The van der Waals surface area contributed by atoms with E-state index in [9.17, 15) is 5.11 Å². The third-order valence-electron chi connectivity index (χ3n) is 3.74. The molecule has 1 aromatic heterocycles. The highest BCUT2D eigenvalue weighted by Crippen LogP contribution is 2.27. The highest BCUT2D eigenvalue weighted by Gasteiger charge is 2.10. The number of hydrogen-bond acceptors (Lipinski definition) is 3. The SMILES string of the molecule is Cn1c(COc2ccccc2O)cc2c(CN)cccc21. The van der Waals surface area contributed by atoms with Crippen molar-refractivity contribution in [3.63, 3.8) is 0 Å². The van der Waals surface area contributed by atoms with Crippen molar-refractivity contribution in [3.05, 3.63) is 59.8 Å². The van der Waals surface area contributed by atoms with E-state index in [4.69, 9.17) is 10.5 Å². The molecule has 0 aliphatic heterocycles. The maximum atomic E-state index is 9.73. The lowest BCUT2D eigenvalue weighted by molar-refractivity contribution is 0.282. The Kier molecular flexibility index (Phi) is 3.54. The first-order valence-corrected chi connectivity index (χ1v) is 6.87. The van der Waals surface area contributed by atoms with Crippen molar-refractivity contribution < 1.29 is 9.84 Å². The monoisotopic (exact) mass is 282 g/mol. The van der Waals surface area contributed by atoms with E-state index in [0.717, 1.165) is 22.2 Å². The van der Waals surface area contributed by atoms with Crippen LogP contribution in [0.25, 0.3) is 10.9 Å². The molecule has 0 radical (unpaired) electrons. The Balaban J connectivity index is 1.91. The third-order valence-corrected chi connectivity index (χ3v) is 3.74. The van der Waals surface area contributed by atoms with Gasteiger partial charge in [-0.15, -0.1) is 0 Å². The van der Waals surface area contributed by atoms with Crippen LogP contribution in [0.2, 0.25) is 0 Å². The summed E-state index contributed by atoms with van der Waals surface area (Å²) in [5, 5.41) is 10.9. The summed E-state index contributed by atoms with van der Waals surface area (Å²) in [6.45, 7) is 0.911. The van der Waals surface area contributed by atoms with Crippen molar-refractivity contribution in [3.8, 4) is 11.5 Å². The zero-order valence-electron chi connectivity index (χ0n) is 11.9. The molecule has 1 heterocycles. The minimum Gasteiger partial charge on any atom is -0.504 e. The van der Waals surface area contributed by atoms with Crippen LogP contribution in [0.1, 0.15) is 11.3 Å². The lowest BCUT2D eigenvalue weighted by Crippen LogP contribution is -2.01. The fourth-order valence-electron chi connectivity index (χ4n) is 2.52. The molecule has 0 unspecified atom stereocenters. The fourth-order valence-corrected chi connectivity index (χ4v) is 2.52. The molecule has 3 rings (SSSR count). The largest absolute Gasteiger partial charge is 0.504 e. The Morgan fingerprint density at radius 1 is 1.14 bits per heavy atom. The molecule has 0 aliphatic carbocycles. The van der Waals surface area contributed by atoms with Gasteiger partial charge in [-0.2, -0.15) is 0 Å². The molecule has 0 aliphatic rings. The third kappa shape index (κ3) is 2.45. The highest BCUT2D eigenvalue weighted by atomic mass is 16.5. The molecule has 0 atom stereocenters. The van der Waals surface area contributed by atoms with Crippen LogP contribution in [0, 0.1) is 0 Å². The number of hydrogen-bond donors (Lipinski definition) is 2. The number of phenolic OH excluding ortho intramolecular Hbond substituents is 1. The summed E-state index contributed by atoms with van der Waals surface area (Å²) < 4.78 is 7.80. The first-order valence-electron chi connectivity index (χ1n) is 6.87. The number of aromatic hydroxyl groups is 1. The van der Waals surface area contributed by atoms with E-state index in [1.54, 1.807) is 18.2 Å². The van der Waals surface area contributed by atoms with Gasteiger partial charge < -0.3 is 20.1 Å². The van der Waals surface area contributed by atoms with Crippen molar-refractivity contribution in [2.45, 2.75) is 13.2 Å². The fraction of sp³-hybridized carbons (Fsp3) is 0.176. The van der Waals surface area contributed by atoms with Gasteiger partial charge in [0.2, 0.25) is 0 Å². The molecule has 108 valence electrons. The van der Waals surface area contributed by atoms with E-state index in [-0.39, 0.29) is 5.75 Å². The predicted octanol–water partition coefficient (Wildman–Crippen LogP) is 2.92. The first-order chi connectivity index (χ1) is 10.2. The average molecular weight is 282 g/mol. The minimum atomic E-state index is 0.152. The smallest absolute Gasteiger partial charge is 0.161 e. The van der Waals surface area contributed by atoms with E-state index in [2.05, 4.69) is 16.7 Å². The van der Waals surface area contributed by atoms with Gasteiger partial charge in [-0.1, -0.05) is 24.3 Å². The summed E-state index contributed by atoms with van der Waals surface area (Å²) in [4.78, 5) is 0. The second-order valence-electron chi connectivity index (χ2n) is 5.01. The summed E-state index contributed by atoms with van der Waals surface area (Å²) in [5.41, 5.74) is 9.08. The van der Waals surface area contributed by atoms with Gasteiger partial charge in [-0.25, -0.2) is 0 Å². The molecule has 4 heteroatoms. The van der Waals surface area contributed by atoms with Crippen LogP contribution in [0.5, 0.6) is 11.5 Å². The summed E-state index contributed by atoms with van der Waals surface area (Å²) in [5.74, 6) is 0.640. The van der Waals surface area contributed by atoms with Crippen LogP contribution >= 0.6 is 0 Å². The van der Waals surface area contributed by atoms with E-state index in [0.29, 0.717) is 18.9 Å². The molecule has 21 heavy (non-hydrogen) atoms. The quantitative estimate of drug-likeness (QED) is 0.773. The number of rotatable bonds is 4. The number of nitrogens with zero attached hydrogens (tertiary/aromatic N) is 1. The molecule has 4 nitrogen and oxygen atoms in total. The number of nitrogens with two attached hydrogens (primary N) is 1. The maximum Gasteiger partial charge on any atom is 0.161 e. The average Bonchev–Trinajstić information content (AvgIpc) is 2.83. The van der Waals surface area contributed by atoms with E-state index >= 15 is 0 Å². The van der Waals surface area contributed by atoms with Gasteiger partial charge in [0.25, 0.3) is 0 Å². The molecule has 3 N–H and O–H groups in total. The van der Waals surface area contributed by atoms with Gasteiger partial charge in [0, 0.05) is 24.5 Å². The zero-order chi connectivity index (χ0) is 14.8. The molecule has 0 amide bonds. The van der Waals surface area contributed by atoms with Crippen LogP contribution in [0.15, 0.2) is 48.5 Å². The predicted molar refractivity (Wildman–Crippen MR) is 83.2 cm³/mol. The van der Waals surface area contributed by atoms with Crippen LogP contribution < -0.4 is 10.5 Å². The number of para-hydroxylation sites is 2. The second kappa shape index (κ2) is 5.50. The molecule has 0 saturated carbocycles. The molecule has 2 aromatic carbocycles. The first kappa shape index (κ1) is 13.5. The molecule has 0 spiro atoms. The van der Waals surface area contributed by atoms with Gasteiger partial charge in [-0.3, -0.25) is 0 Å². The summed E-state index contributed by atoms with van der Waals surface area (Å²) in [6, 6.07) is 15.2. The number of aryl methyl sites for hydroxylation is 1. The standard InChI is InChI=1S/C17H18N2O2/c1-19-13(11-21-17-8-3-2-7-16(17)20)9-14-12(10-18)5-4-6-15(14)19/h2-9,20H,10-11,18H2,1H3. The molecule has 0 saturated heterocycles. The van der Waals surface area contributed by atoms with Gasteiger partial charge in [-0.05, 0) is 29.8 Å². The molecule has 0 fully saturated rings. The van der Waals surface area contributed by atoms with E-state index in [1.165, 1.54) is 0 Å². The van der Waals surface area contributed by atoms with E-state index < -0.39 is 0 Å². The van der Waals surface area contributed by atoms with E-state index in [1.807, 2.05) is 25.2 Å². The molecule has 0 bridgehead atoms. The highest BCUT2D eigenvalue weighted by molar-refractivity contribution is 5.84. The minimum absolute atomic E-state index is 0.152. The summed E-state index contributed by atoms with van der Waals surface area (Å²) >= 11 is 0. The van der Waals surface area contributed by atoms with Crippen LogP contribution in [0.3, 0.4) is 0 Å². The number of aromatic nitrogens is 1. The number of fused-ring (bicyclic) bond motifs is 1. The Labute approximate surface area is 123 Å². The second-order valence-corrected chi connectivity index (χ2v) is 5.01. The van der Waals surface area contributed by atoms with Crippen LogP contribution in [-0.4, -0.2) is 9.67 Å². The van der Waals surface area contributed by atoms with Crippen molar-refractivity contribution in [2.24, 2.45) is 12.8 Å². The van der Waals surface area contributed by atoms with Crippen molar-refractivity contribution in [1.82, 2.24) is 4.57 Å². The van der Waals surface area contributed by atoms with Gasteiger partial charge in [0.05, 0.1) is 5.69 Å². The number of phenols is 1. The Hall–Kier alpha value is -2.46. The van der Waals surface area contributed by atoms with Crippen LogP contribution in [-0.2, 0) is 20.2 Å². The lowest BCUT2D eigenvalue weighted by Gasteiger charge is -2.08. The van der Waals surface area contributed by atoms with Crippen molar-refractivity contribution >= 4 is 10.9 Å². The van der Waals surface area contributed by atoms with Crippen molar-refractivity contribution in [1.29, 1.82) is 0 Å². The summed E-state index contributed by atoms with van der Waals surface area (Å²) in [7, 11) is 2.01. The van der Waals surface area contributed by atoms with Gasteiger partial charge in [0.1, 0.15) is 6.61 Å². The lowest BCUT2D eigenvalue weighted by atomic mass is 10.1. The topological polar surface area (TPSA) is 60.4 Å². The molecular weight excluding hydrogens is 264 g/mol. The maximum absolute atomic E-state index is 9.73. The van der Waals surface area contributed by atoms with Crippen LogP contribution in [0.4, 0.5) is 0 Å².